The van der Waals surface area contributed by atoms with Crippen molar-refractivity contribution in [3.05, 3.63) is 72.8 Å². The summed E-state index contributed by atoms with van der Waals surface area (Å²) in [5.41, 5.74) is 1.37. The van der Waals surface area contributed by atoms with Gasteiger partial charge in [-0.2, -0.15) is 9.97 Å². The lowest BCUT2D eigenvalue weighted by atomic mass is 9.59. The third kappa shape index (κ3) is 3.46. The zero-order valence-corrected chi connectivity index (χ0v) is 23.3. The Bertz CT molecular complexity index is 1720. The lowest BCUT2D eigenvalue weighted by molar-refractivity contribution is -0.136. The van der Waals surface area contributed by atoms with Gasteiger partial charge in [0, 0.05) is 21.9 Å². The van der Waals surface area contributed by atoms with Gasteiger partial charge in [-0.25, -0.2) is 9.88 Å². The van der Waals surface area contributed by atoms with Crippen LogP contribution in [0.5, 0.6) is 0 Å². The van der Waals surface area contributed by atoms with Crippen molar-refractivity contribution in [3.63, 3.8) is 0 Å². The van der Waals surface area contributed by atoms with Gasteiger partial charge in [0.1, 0.15) is 11.2 Å². The van der Waals surface area contributed by atoms with Crippen LogP contribution in [0.1, 0.15) is 53.4 Å². The number of hydrogen-bond acceptors (Lipinski definition) is 6. The standard InChI is InChI=1S/C33H32N4O3/c1-5-32(6-2)29(38)37(30(39)33(32,7-3)8-4)31-35-27(21-15-10-9-11-16-21)34-28(36-31)23-18-14-20-25-26(23)22-17-12-13-19-24(22)40-25/h9-20H,5-8H2,1-4H3. The number of anilines is 1. The normalized spacial score (nSPS) is 16.4. The van der Waals surface area contributed by atoms with Gasteiger partial charge in [0.2, 0.25) is 17.8 Å². The van der Waals surface area contributed by atoms with Gasteiger partial charge in [0.25, 0.3) is 0 Å². The first-order chi connectivity index (χ1) is 19.4. The lowest BCUT2D eigenvalue weighted by Gasteiger charge is -2.39. The Hall–Kier alpha value is -4.39. The Labute approximate surface area is 233 Å². The summed E-state index contributed by atoms with van der Waals surface area (Å²) in [7, 11) is 0. The summed E-state index contributed by atoms with van der Waals surface area (Å²) in [6.45, 7) is 7.99. The van der Waals surface area contributed by atoms with E-state index in [0.29, 0.717) is 42.9 Å². The molecule has 1 saturated heterocycles. The molecule has 0 radical (unpaired) electrons. The molecule has 1 fully saturated rings. The molecule has 3 aromatic carbocycles. The van der Waals surface area contributed by atoms with E-state index in [1.165, 1.54) is 4.90 Å². The largest absolute Gasteiger partial charge is 0.456 e. The van der Waals surface area contributed by atoms with E-state index in [4.69, 9.17) is 19.4 Å². The fourth-order valence-corrected chi connectivity index (χ4v) is 6.83. The highest BCUT2D eigenvalue weighted by Crippen LogP contribution is 2.57. The number of para-hydroxylation sites is 1. The zero-order valence-electron chi connectivity index (χ0n) is 23.3. The van der Waals surface area contributed by atoms with Crippen LogP contribution >= 0.6 is 0 Å². The van der Waals surface area contributed by atoms with E-state index in [0.717, 1.165) is 27.5 Å². The molecule has 6 rings (SSSR count). The van der Waals surface area contributed by atoms with Crippen molar-refractivity contribution < 1.29 is 14.0 Å². The molecule has 3 heterocycles. The third-order valence-electron chi connectivity index (χ3n) is 9.05. The van der Waals surface area contributed by atoms with Crippen LogP contribution in [-0.4, -0.2) is 26.8 Å². The first kappa shape index (κ1) is 25.9. The first-order valence-electron chi connectivity index (χ1n) is 14.1. The number of benzene rings is 3. The van der Waals surface area contributed by atoms with E-state index in [-0.39, 0.29) is 17.8 Å². The van der Waals surface area contributed by atoms with Crippen molar-refractivity contribution in [1.29, 1.82) is 0 Å². The van der Waals surface area contributed by atoms with E-state index in [1.807, 2.05) is 100 Å². The number of aromatic nitrogens is 3. The van der Waals surface area contributed by atoms with Crippen LogP contribution in [-0.2, 0) is 9.59 Å². The van der Waals surface area contributed by atoms with E-state index in [1.54, 1.807) is 0 Å². The van der Waals surface area contributed by atoms with Crippen LogP contribution in [0.2, 0.25) is 0 Å². The van der Waals surface area contributed by atoms with Crippen LogP contribution in [0.3, 0.4) is 0 Å². The monoisotopic (exact) mass is 532 g/mol. The molecule has 2 aromatic heterocycles. The number of amides is 2. The van der Waals surface area contributed by atoms with E-state index in [2.05, 4.69) is 0 Å². The average molecular weight is 533 g/mol. The van der Waals surface area contributed by atoms with Crippen LogP contribution in [0.25, 0.3) is 44.7 Å². The number of hydrogen-bond donors (Lipinski definition) is 0. The average Bonchev–Trinajstić information content (AvgIpc) is 3.47. The Morgan fingerprint density at radius 3 is 1.88 bits per heavy atom. The van der Waals surface area contributed by atoms with Crippen molar-refractivity contribution >= 4 is 39.7 Å². The predicted octanol–water partition coefficient (Wildman–Crippen LogP) is 7.59. The number of carbonyl (C=O) groups is 2. The molecular formula is C33H32N4O3. The van der Waals surface area contributed by atoms with Gasteiger partial charge < -0.3 is 4.42 Å². The van der Waals surface area contributed by atoms with Gasteiger partial charge in [-0.15, -0.1) is 0 Å². The Balaban J connectivity index is 1.63. The summed E-state index contributed by atoms with van der Waals surface area (Å²) in [5, 5.41) is 1.82. The van der Waals surface area contributed by atoms with Crippen LogP contribution in [0.15, 0.2) is 77.2 Å². The summed E-state index contributed by atoms with van der Waals surface area (Å²) >= 11 is 0. The van der Waals surface area contributed by atoms with Crippen molar-refractivity contribution in [2.75, 3.05) is 4.90 Å². The minimum atomic E-state index is -0.811. The van der Waals surface area contributed by atoms with Crippen LogP contribution < -0.4 is 4.90 Å². The maximum Gasteiger partial charge on any atom is 0.243 e. The highest BCUT2D eigenvalue weighted by atomic mass is 16.3. The summed E-state index contributed by atoms with van der Waals surface area (Å²) in [5.74, 6) is 0.392. The highest BCUT2D eigenvalue weighted by molar-refractivity contribution is 6.24. The minimum Gasteiger partial charge on any atom is -0.456 e. The molecule has 7 nitrogen and oxygen atoms in total. The summed E-state index contributed by atoms with van der Waals surface area (Å²) in [6, 6.07) is 23.2. The Morgan fingerprint density at radius 2 is 1.23 bits per heavy atom. The summed E-state index contributed by atoms with van der Waals surface area (Å²) in [6.07, 6.45) is 2.26. The lowest BCUT2D eigenvalue weighted by Crippen LogP contribution is -2.43. The highest BCUT2D eigenvalue weighted by Gasteiger charge is 2.66. The maximum atomic E-state index is 14.3. The molecule has 0 unspecified atom stereocenters. The van der Waals surface area contributed by atoms with Crippen molar-refractivity contribution in [3.8, 4) is 22.8 Å². The fraction of sp³-hybridized carbons (Fsp3) is 0.303. The summed E-state index contributed by atoms with van der Waals surface area (Å²) in [4.78, 5) is 44.2. The molecule has 0 bridgehead atoms. The molecular weight excluding hydrogens is 500 g/mol. The van der Waals surface area contributed by atoms with E-state index in [9.17, 15) is 9.59 Å². The molecule has 2 amide bonds. The molecule has 0 N–H and O–H groups in total. The quantitative estimate of drug-likeness (QED) is 0.201. The van der Waals surface area contributed by atoms with Gasteiger partial charge in [-0.05, 0) is 37.8 Å². The topological polar surface area (TPSA) is 89.2 Å². The predicted molar refractivity (Wildman–Crippen MR) is 156 cm³/mol. The number of imide groups is 1. The van der Waals surface area contributed by atoms with Crippen molar-refractivity contribution in [1.82, 2.24) is 15.0 Å². The Kier molecular flexibility index (Phi) is 6.25. The molecule has 0 saturated carbocycles. The van der Waals surface area contributed by atoms with Crippen LogP contribution in [0, 0.1) is 10.8 Å². The fourth-order valence-electron chi connectivity index (χ4n) is 6.83. The number of rotatable bonds is 7. The second-order valence-corrected chi connectivity index (χ2v) is 10.4. The molecule has 1 aliphatic rings. The number of carbonyl (C=O) groups excluding carboxylic acids is 2. The smallest absolute Gasteiger partial charge is 0.243 e. The van der Waals surface area contributed by atoms with E-state index < -0.39 is 10.8 Å². The van der Waals surface area contributed by atoms with Gasteiger partial charge in [0.15, 0.2) is 11.6 Å². The molecule has 202 valence electrons. The molecule has 0 spiro atoms. The number of furan rings is 1. The number of fused-ring (bicyclic) bond motifs is 3. The SMILES string of the molecule is CCC1(CC)C(=O)N(c2nc(-c3ccccc3)nc(-c3cccc4oc5ccccc5c34)n2)C(=O)C1(CC)CC. The van der Waals surface area contributed by atoms with Gasteiger partial charge in [-0.1, -0.05) is 88.4 Å². The number of nitrogens with zero attached hydrogens (tertiary/aromatic N) is 4. The molecule has 1 aliphatic heterocycles. The van der Waals surface area contributed by atoms with Gasteiger partial charge in [-0.3, -0.25) is 9.59 Å². The Morgan fingerprint density at radius 1 is 0.650 bits per heavy atom. The summed E-state index contributed by atoms with van der Waals surface area (Å²) < 4.78 is 6.12. The minimum absolute atomic E-state index is 0.0682. The van der Waals surface area contributed by atoms with E-state index >= 15 is 0 Å². The van der Waals surface area contributed by atoms with Crippen molar-refractivity contribution in [2.45, 2.75) is 53.4 Å². The third-order valence-corrected chi connectivity index (χ3v) is 9.05. The second-order valence-electron chi connectivity index (χ2n) is 10.4. The molecule has 40 heavy (non-hydrogen) atoms. The van der Waals surface area contributed by atoms with Crippen molar-refractivity contribution in [2.24, 2.45) is 10.8 Å². The second kappa shape index (κ2) is 9.66. The van der Waals surface area contributed by atoms with Crippen LogP contribution in [0.4, 0.5) is 5.95 Å². The molecule has 7 heteroatoms. The molecule has 5 aromatic rings. The zero-order chi connectivity index (χ0) is 28.1. The van der Waals surface area contributed by atoms with Gasteiger partial charge >= 0.3 is 0 Å². The maximum absolute atomic E-state index is 14.3. The molecule has 0 aliphatic carbocycles. The first-order valence-corrected chi connectivity index (χ1v) is 14.1. The van der Waals surface area contributed by atoms with Gasteiger partial charge in [0.05, 0.1) is 10.8 Å². The molecule has 0 atom stereocenters.